The van der Waals surface area contributed by atoms with Crippen molar-refractivity contribution >= 4 is 21.6 Å². The van der Waals surface area contributed by atoms with Gasteiger partial charge in [0.2, 0.25) is 0 Å². The Morgan fingerprint density at radius 2 is 2.05 bits per heavy atom. The Morgan fingerprint density at radius 3 is 2.63 bits per heavy atom. The summed E-state index contributed by atoms with van der Waals surface area (Å²) >= 11 is 1.49. The van der Waals surface area contributed by atoms with Crippen LogP contribution in [0, 0.1) is 0 Å². The lowest BCUT2D eigenvalue weighted by molar-refractivity contribution is 0.422. The first kappa shape index (κ1) is 16.5. The van der Waals surface area contributed by atoms with Gasteiger partial charge in [0, 0.05) is 30.3 Å². The zero-order valence-corrected chi connectivity index (χ0v) is 13.6. The van der Waals surface area contributed by atoms with Crippen LogP contribution in [0.5, 0.6) is 0 Å². The van der Waals surface area contributed by atoms with Crippen molar-refractivity contribution in [2.45, 2.75) is 37.9 Å². The molecule has 0 atom stereocenters. The molecule has 0 unspecified atom stereocenters. The van der Waals surface area contributed by atoms with Crippen molar-refractivity contribution in [3.8, 4) is 0 Å². The van der Waals surface area contributed by atoms with E-state index in [4.69, 9.17) is 0 Å². The number of hydrogen-bond acceptors (Lipinski definition) is 5. The Morgan fingerprint density at radius 1 is 1.37 bits per heavy atom. The van der Waals surface area contributed by atoms with Crippen LogP contribution in [0.2, 0.25) is 0 Å². The van der Waals surface area contributed by atoms with E-state index in [1.54, 1.807) is 6.20 Å². The maximum absolute atomic E-state index is 11.1. The fraction of sp³-hybridized carbons (Fsp3) is 0.615. The normalized spacial score (nSPS) is 12.6. The molecule has 6 heteroatoms. The summed E-state index contributed by atoms with van der Waals surface area (Å²) in [6, 6.07) is 3.93. The van der Waals surface area contributed by atoms with E-state index in [9.17, 15) is 8.42 Å². The van der Waals surface area contributed by atoms with E-state index in [0.29, 0.717) is 5.75 Å². The summed E-state index contributed by atoms with van der Waals surface area (Å²) in [6.45, 7) is 7.07. The zero-order chi connectivity index (χ0) is 14.5. The lowest BCUT2D eigenvalue weighted by atomic mass is 10.1. The van der Waals surface area contributed by atoms with Crippen LogP contribution in [0.15, 0.2) is 23.4 Å². The highest BCUT2D eigenvalue weighted by molar-refractivity contribution is 8.00. The third-order valence-electron chi connectivity index (χ3n) is 2.35. The predicted molar refractivity (Wildman–Crippen MR) is 81.3 cm³/mol. The molecule has 0 fully saturated rings. The van der Waals surface area contributed by atoms with Gasteiger partial charge in [-0.2, -0.15) is 0 Å². The second-order valence-corrected chi connectivity index (χ2v) is 8.89. The third-order valence-corrected chi connectivity index (χ3v) is 4.61. The lowest BCUT2D eigenvalue weighted by Crippen LogP contribution is -2.35. The first-order valence-electron chi connectivity index (χ1n) is 6.17. The van der Waals surface area contributed by atoms with E-state index in [2.05, 4.69) is 31.1 Å². The minimum atomic E-state index is -2.91. The van der Waals surface area contributed by atoms with Crippen molar-refractivity contribution in [2.24, 2.45) is 0 Å². The molecule has 0 aliphatic rings. The number of aromatic nitrogens is 1. The van der Waals surface area contributed by atoms with Gasteiger partial charge < -0.3 is 5.32 Å². The molecule has 0 aliphatic heterocycles. The summed E-state index contributed by atoms with van der Waals surface area (Å²) in [4.78, 5) is 4.33. The van der Waals surface area contributed by atoms with E-state index in [1.165, 1.54) is 18.0 Å². The molecule has 0 radical (unpaired) electrons. The summed E-state index contributed by atoms with van der Waals surface area (Å²) in [5.41, 5.74) is 1.15. The molecular formula is C13H22N2O2S2. The second kappa shape index (κ2) is 6.72. The number of nitrogens with zero attached hydrogens (tertiary/aromatic N) is 1. The van der Waals surface area contributed by atoms with Gasteiger partial charge in [-0.25, -0.2) is 13.4 Å². The van der Waals surface area contributed by atoms with Gasteiger partial charge in [0.25, 0.3) is 0 Å². The molecule has 108 valence electrons. The van der Waals surface area contributed by atoms with Gasteiger partial charge in [0.15, 0.2) is 0 Å². The molecule has 1 aromatic heterocycles. The molecule has 19 heavy (non-hydrogen) atoms. The standard InChI is InChI=1S/C13H22N2O2S2/c1-13(2,3)15-10-11-6-5-7-14-12(11)18-8-9-19(4,16)17/h5-7,15H,8-10H2,1-4H3. The lowest BCUT2D eigenvalue weighted by Gasteiger charge is -2.21. The van der Waals surface area contributed by atoms with Crippen LogP contribution in [0.1, 0.15) is 26.3 Å². The zero-order valence-electron chi connectivity index (χ0n) is 11.9. The number of rotatable bonds is 6. The van der Waals surface area contributed by atoms with Crippen LogP contribution >= 0.6 is 11.8 Å². The van der Waals surface area contributed by atoms with Crippen LogP contribution in [-0.4, -0.2) is 36.7 Å². The molecule has 1 rings (SSSR count). The van der Waals surface area contributed by atoms with E-state index in [1.807, 2.05) is 12.1 Å². The Bertz CT molecular complexity index is 508. The quantitative estimate of drug-likeness (QED) is 0.816. The van der Waals surface area contributed by atoms with Gasteiger partial charge in [-0.3, -0.25) is 0 Å². The van der Waals surface area contributed by atoms with Crippen molar-refractivity contribution in [2.75, 3.05) is 17.8 Å². The molecular weight excluding hydrogens is 280 g/mol. The molecule has 1 heterocycles. The molecule has 0 spiro atoms. The summed E-state index contributed by atoms with van der Waals surface area (Å²) in [5, 5.41) is 4.32. The number of nitrogens with one attached hydrogen (secondary N) is 1. The largest absolute Gasteiger partial charge is 0.308 e. The molecule has 0 saturated heterocycles. The van der Waals surface area contributed by atoms with E-state index in [0.717, 1.165) is 17.1 Å². The fourth-order valence-corrected chi connectivity index (χ4v) is 3.54. The van der Waals surface area contributed by atoms with Gasteiger partial charge in [0.1, 0.15) is 14.9 Å². The van der Waals surface area contributed by atoms with E-state index >= 15 is 0 Å². The monoisotopic (exact) mass is 302 g/mol. The summed E-state index contributed by atoms with van der Waals surface area (Å²) in [7, 11) is -2.91. The fourth-order valence-electron chi connectivity index (χ4n) is 1.34. The van der Waals surface area contributed by atoms with Gasteiger partial charge >= 0.3 is 0 Å². The smallest absolute Gasteiger partial charge is 0.148 e. The van der Waals surface area contributed by atoms with Crippen molar-refractivity contribution in [1.29, 1.82) is 0 Å². The van der Waals surface area contributed by atoms with Crippen LogP contribution in [-0.2, 0) is 16.4 Å². The summed E-state index contributed by atoms with van der Waals surface area (Å²) in [5.74, 6) is 0.721. The second-order valence-electron chi connectivity index (χ2n) is 5.55. The first-order valence-corrected chi connectivity index (χ1v) is 9.21. The van der Waals surface area contributed by atoms with Crippen LogP contribution in [0.25, 0.3) is 0 Å². The Kier molecular flexibility index (Phi) is 5.82. The maximum Gasteiger partial charge on any atom is 0.148 e. The Labute approximate surface area is 120 Å². The van der Waals surface area contributed by atoms with E-state index in [-0.39, 0.29) is 11.3 Å². The van der Waals surface area contributed by atoms with Gasteiger partial charge in [0.05, 0.1) is 5.75 Å². The average molecular weight is 302 g/mol. The third kappa shape index (κ3) is 7.54. The highest BCUT2D eigenvalue weighted by Gasteiger charge is 2.11. The van der Waals surface area contributed by atoms with Gasteiger partial charge in [-0.15, -0.1) is 11.8 Å². The maximum atomic E-state index is 11.1. The van der Waals surface area contributed by atoms with E-state index < -0.39 is 9.84 Å². The molecule has 4 nitrogen and oxygen atoms in total. The molecule has 0 aliphatic carbocycles. The topological polar surface area (TPSA) is 59.1 Å². The predicted octanol–water partition coefficient (Wildman–Crippen LogP) is 2.11. The number of sulfone groups is 1. The first-order chi connectivity index (χ1) is 8.67. The number of hydrogen-bond donors (Lipinski definition) is 1. The number of thioether (sulfide) groups is 1. The van der Waals surface area contributed by atoms with Crippen LogP contribution in [0.4, 0.5) is 0 Å². The van der Waals surface area contributed by atoms with Crippen molar-refractivity contribution < 1.29 is 8.42 Å². The van der Waals surface area contributed by atoms with Crippen LogP contribution < -0.4 is 5.32 Å². The van der Waals surface area contributed by atoms with Crippen molar-refractivity contribution in [1.82, 2.24) is 10.3 Å². The average Bonchev–Trinajstić information content (AvgIpc) is 2.25. The molecule has 1 N–H and O–H groups in total. The molecule has 0 aromatic carbocycles. The minimum Gasteiger partial charge on any atom is -0.308 e. The van der Waals surface area contributed by atoms with Crippen LogP contribution in [0.3, 0.4) is 0 Å². The molecule has 0 amide bonds. The van der Waals surface area contributed by atoms with Gasteiger partial charge in [-0.05, 0) is 32.4 Å². The number of pyridine rings is 1. The van der Waals surface area contributed by atoms with Crippen molar-refractivity contribution in [3.05, 3.63) is 23.9 Å². The summed E-state index contributed by atoms with van der Waals surface area (Å²) in [6.07, 6.45) is 3.00. The Balaban J connectivity index is 2.63. The Hall–Kier alpha value is -0.590. The molecule has 0 saturated carbocycles. The SMILES string of the molecule is CC(C)(C)NCc1cccnc1SCCS(C)(=O)=O. The molecule has 0 bridgehead atoms. The van der Waals surface area contributed by atoms with Gasteiger partial charge in [-0.1, -0.05) is 6.07 Å². The minimum absolute atomic E-state index is 0.0462. The highest BCUT2D eigenvalue weighted by Crippen LogP contribution is 2.20. The highest BCUT2D eigenvalue weighted by atomic mass is 32.2. The summed E-state index contributed by atoms with van der Waals surface area (Å²) < 4.78 is 22.2. The van der Waals surface area contributed by atoms with Crippen molar-refractivity contribution in [3.63, 3.8) is 0 Å². The molecule has 1 aromatic rings.